The molecule has 0 fully saturated rings. The molecule has 0 aliphatic carbocycles. The van der Waals surface area contributed by atoms with Crippen molar-refractivity contribution in [3.05, 3.63) is 0 Å². The van der Waals surface area contributed by atoms with Crippen LogP contribution in [0.3, 0.4) is 0 Å². The van der Waals surface area contributed by atoms with Crippen LogP contribution in [0.1, 0.15) is 72.1 Å². The summed E-state index contributed by atoms with van der Waals surface area (Å²) in [5.41, 5.74) is 0. The number of thioether (sulfide) groups is 1. The summed E-state index contributed by atoms with van der Waals surface area (Å²) in [5.74, 6) is 1.39. The van der Waals surface area contributed by atoms with Gasteiger partial charge in [0, 0.05) is 5.25 Å². The highest BCUT2D eigenvalue weighted by Crippen LogP contribution is 2.19. The molecule has 0 saturated carbocycles. The van der Waals surface area contributed by atoms with Crippen molar-refractivity contribution in [2.75, 3.05) is 5.75 Å². The maximum absolute atomic E-state index is 2.31. The maximum Gasteiger partial charge on any atom is 0.00418 e. The lowest BCUT2D eigenvalue weighted by Gasteiger charge is -2.11. The third-order valence-electron chi connectivity index (χ3n) is 2.76. The molecule has 0 rings (SSSR count). The van der Waals surface area contributed by atoms with Crippen LogP contribution < -0.4 is 0 Å². The van der Waals surface area contributed by atoms with E-state index in [0.29, 0.717) is 0 Å². The predicted octanol–water partition coefficient (Wildman–Crippen LogP) is 5.27. The van der Waals surface area contributed by atoms with Gasteiger partial charge in [-0.3, -0.25) is 0 Å². The first-order valence-electron chi connectivity index (χ1n) is 6.46. The van der Waals surface area contributed by atoms with Gasteiger partial charge in [0.05, 0.1) is 0 Å². The predicted molar refractivity (Wildman–Crippen MR) is 70.2 cm³/mol. The molecule has 0 aliphatic heterocycles. The number of hydrogen-bond donors (Lipinski definition) is 0. The van der Waals surface area contributed by atoms with Gasteiger partial charge in [0.2, 0.25) is 0 Å². The molecule has 0 aliphatic rings. The fourth-order valence-electron chi connectivity index (χ4n) is 1.66. The van der Waals surface area contributed by atoms with Crippen molar-refractivity contribution in [2.24, 2.45) is 0 Å². The van der Waals surface area contributed by atoms with Gasteiger partial charge in [-0.15, -0.1) is 0 Å². The second-order valence-corrected chi connectivity index (χ2v) is 5.49. The van der Waals surface area contributed by atoms with E-state index >= 15 is 0 Å². The van der Waals surface area contributed by atoms with Crippen LogP contribution in [0.15, 0.2) is 0 Å². The van der Waals surface area contributed by atoms with Crippen molar-refractivity contribution in [3.63, 3.8) is 0 Å². The van der Waals surface area contributed by atoms with Crippen molar-refractivity contribution in [1.82, 2.24) is 0 Å². The lowest BCUT2D eigenvalue weighted by Crippen LogP contribution is -1.99. The molecule has 0 atom stereocenters. The summed E-state index contributed by atoms with van der Waals surface area (Å²) < 4.78 is 0. The number of unbranched alkanes of at least 4 members (excludes halogenated alkanes) is 5. The Hall–Kier alpha value is 0.350. The van der Waals surface area contributed by atoms with E-state index in [4.69, 9.17) is 0 Å². The monoisotopic (exact) mass is 216 g/mol. The highest BCUT2D eigenvalue weighted by atomic mass is 32.2. The minimum atomic E-state index is 0.922. The molecule has 0 aromatic heterocycles. The summed E-state index contributed by atoms with van der Waals surface area (Å²) in [7, 11) is 0. The van der Waals surface area contributed by atoms with Gasteiger partial charge in [-0.05, 0) is 25.0 Å². The highest BCUT2D eigenvalue weighted by molar-refractivity contribution is 7.99. The number of hydrogen-bond acceptors (Lipinski definition) is 1. The molecular formula is C13H28S. The van der Waals surface area contributed by atoms with Gasteiger partial charge in [-0.1, -0.05) is 52.9 Å². The van der Waals surface area contributed by atoms with E-state index in [-0.39, 0.29) is 0 Å². The standard InChI is InChI=1S/C13H28S/c1-4-7-8-9-10-11-12-14-13(5-2)6-3/h13H,4-12H2,1-3H3. The zero-order valence-electron chi connectivity index (χ0n) is 10.3. The first-order chi connectivity index (χ1) is 6.85. The van der Waals surface area contributed by atoms with Crippen LogP contribution in [0, 0.1) is 0 Å². The van der Waals surface area contributed by atoms with Gasteiger partial charge in [0.25, 0.3) is 0 Å². The van der Waals surface area contributed by atoms with Crippen molar-refractivity contribution >= 4 is 11.8 Å². The van der Waals surface area contributed by atoms with Crippen LogP contribution in [-0.2, 0) is 0 Å². The molecule has 0 spiro atoms. The summed E-state index contributed by atoms with van der Waals surface area (Å²) in [6.45, 7) is 6.90. The summed E-state index contributed by atoms with van der Waals surface area (Å²) in [4.78, 5) is 0. The minimum absolute atomic E-state index is 0.922. The molecule has 0 heterocycles. The Morgan fingerprint density at radius 1 is 0.786 bits per heavy atom. The van der Waals surface area contributed by atoms with Gasteiger partial charge >= 0.3 is 0 Å². The first kappa shape index (κ1) is 14.3. The van der Waals surface area contributed by atoms with Gasteiger partial charge in [-0.25, -0.2) is 0 Å². The van der Waals surface area contributed by atoms with Crippen LogP contribution in [0.5, 0.6) is 0 Å². The maximum atomic E-state index is 2.31. The zero-order chi connectivity index (χ0) is 10.6. The SMILES string of the molecule is CCCCCCCCSC(CC)CC. The third kappa shape index (κ3) is 8.93. The molecule has 86 valence electrons. The molecule has 0 saturated heterocycles. The Kier molecular flexibility index (Phi) is 11.7. The number of rotatable bonds is 10. The van der Waals surface area contributed by atoms with E-state index in [1.165, 1.54) is 57.1 Å². The highest BCUT2D eigenvalue weighted by Gasteiger charge is 2.02. The summed E-state index contributed by atoms with van der Waals surface area (Å²) in [6.07, 6.45) is 11.3. The average molecular weight is 216 g/mol. The topological polar surface area (TPSA) is 0 Å². The largest absolute Gasteiger partial charge is 0.159 e. The summed E-state index contributed by atoms with van der Waals surface area (Å²) >= 11 is 2.19. The molecule has 0 unspecified atom stereocenters. The second-order valence-electron chi connectivity index (χ2n) is 4.08. The molecule has 0 radical (unpaired) electrons. The smallest absolute Gasteiger partial charge is 0.00418 e. The normalized spacial score (nSPS) is 11.1. The zero-order valence-corrected chi connectivity index (χ0v) is 11.2. The Bertz CT molecular complexity index is 97.4. The van der Waals surface area contributed by atoms with Crippen molar-refractivity contribution in [1.29, 1.82) is 0 Å². The second kappa shape index (κ2) is 11.4. The molecule has 0 aromatic rings. The summed E-state index contributed by atoms with van der Waals surface area (Å²) in [6, 6.07) is 0. The lowest BCUT2D eigenvalue weighted by molar-refractivity contribution is 0.626. The van der Waals surface area contributed by atoms with Gasteiger partial charge in [0.1, 0.15) is 0 Å². The van der Waals surface area contributed by atoms with Gasteiger partial charge in [-0.2, -0.15) is 11.8 Å². The molecule has 0 N–H and O–H groups in total. The Morgan fingerprint density at radius 2 is 1.36 bits per heavy atom. The Labute approximate surface area is 95.2 Å². The van der Waals surface area contributed by atoms with Crippen molar-refractivity contribution in [2.45, 2.75) is 77.4 Å². The van der Waals surface area contributed by atoms with E-state index < -0.39 is 0 Å². The molecular weight excluding hydrogens is 188 g/mol. The van der Waals surface area contributed by atoms with Crippen LogP contribution in [0.4, 0.5) is 0 Å². The lowest BCUT2D eigenvalue weighted by atomic mass is 10.1. The molecule has 14 heavy (non-hydrogen) atoms. The average Bonchev–Trinajstić information content (AvgIpc) is 2.22. The summed E-state index contributed by atoms with van der Waals surface area (Å²) in [5, 5.41) is 0.922. The fourth-order valence-corrected chi connectivity index (χ4v) is 2.83. The van der Waals surface area contributed by atoms with Crippen LogP contribution >= 0.6 is 11.8 Å². The van der Waals surface area contributed by atoms with Gasteiger partial charge in [0.15, 0.2) is 0 Å². The third-order valence-corrected chi connectivity index (χ3v) is 4.42. The molecule has 1 heteroatoms. The molecule has 0 aromatic carbocycles. The van der Waals surface area contributed by atoms with Gasteiger partial charge < -0.3 is 0 Å². The van der Waals surface area contributed by atoms with Crippen molar-refractivity contribution < 1.29 is 0 Å². The van der Waals surface area contributed by atoms with E-state index in [2.05, 4.69) is 32.5 Å². The van der Waals surface area contributed by atoms with Crippen LogP contribution in [-0.4, -0.2) is 11.0 Å². The quantitative estimate of drug-likeness (QED) is 0.448. The van der Waals surface area contributed by atoms with Crippen LogP contribution in [0.25, 0.3) is 0 Å². The van der Waals surface area contributed by atoms with E-state index in [0.717, 1.165) is 5.25 Å². The van der Waals surface area contributed by atoms with Crippen molar-refractivity contribution in [3.8, 4) is 0 Å². The van der Waals surface area contributed by atoms with E-state index in [9.17, 15) is 0 Å². The van der Waals surface area contributed by atoms with E-state index in [1.54, 1.807) is 0 Å². The molecule has 0 nitrogen and oxygen atoms in total. The first-order valence-corrected chi connectivity index (χ1v) is 7.51. The fraction of sp³-hybridized carbons (Fsp3) is 1.00. The van der Waals surface area contributed by atoms with Crippen LogP contribution in [0.2, 0.25) is 0 Å². The minimum Gasteiger partial charge on any atom is -0.159 e. The molecule has 0 bridgehead atoms. The Balaban J connectivity index is 3.04. The molecule has 0 amide bonds. The Morgan fingerprint density at radius 3 is 1.93 bits per heavy atom. The van der Waals surface area contributed by atoms with E-state index in [1.807, 2.05) is 0 Å².